The van der Waals surface area contributed by atoms with E-state index < -0.39 is 0 Å². The van der Waals surface area contributed by atoms with Gasteiger partial charge in [0.15, 0.2) is 0 Å². The number of nitrogens with zero attached hydrogens (tertiary/aromatic N) is 1. The van der Waals surface area contributed by atoms with Crippen LogP contribution in [0.5, 0.6) is 0 Å². The van der Waals surface area contributed by atoms with Crippen LogP contribution in [-0.4, -0.2) is 41.5 Å². The van der Waals surface area contributed by atoms with Crippen LogP contribution in [0.1, 0.15) is 5.56 Å². The van der Waals surface area contributed by atoms with Crippen molar-refractivity contribution < 1.29 is 0 Å². The lowest BCUT2D eigenvalue weighted by atomic mass is 10.0. The average molecular weight is 246 g/mol. The Morgan fingerprint density at radius 2 is 2.06 bits per heavy atom. The zero-order valence-electron chi connectivity index (χ0n) is 10.5. The van der Waals surface area contributed by atoms with Crippen LogP contribution in [0.15, 0.2) is 23.0 Å². The lowest BCUT2D eigenvalue weighted by Crippen LogP contribution is -2.47. The zero-order valence-corrected chi connectivity index (χ0v) is 10.5. The van der Waals surface area contributed by atoms with E-state index in [0.29, 0.717) is 0 Å². The molecule has 1 saturated heterocycles. The topological polar surface area (TPSA) is 63.9 Å². The second kappa shape index (κ2) is 4.59. The molecule has 5 heteroatoms. The Balaban J connectivity index is 1.71. The van der Waals surface area contributed by atoms with E-state index in [1.165, 1.54) is 5.56 Å². The summed E-state index contributed by atoms with van der Waals surface area (Å²) in [4.78, 5) is 19.1. The number of fused-ring (bicyclic) bond motifs is 1. The summed E-state index contributed by atoms with van der Waals surface area (Å²) in [6.45, 7) is 4.30. The number of hydrogen-bond donors (Lipinski definition) is 3. The molecule has 3 N–H and O–H groups in total. The first-order valence-corrected chi connectivity index (χ1v) is 6.31. The van der Waals surface area contributed by atoms with Crippen molar-refractivity contribution in [2.45, 2.75) is 6.54 Å². The van der Waals surface area contributed by atoms with Crippen LogP contribution in [0.4, 0.5) is 0 Å². The molecular formula is C13H18N4O. The van der Waals surface area contributed by atoms with Crippen LogP contribution in [0.3, 0.4) is 0 Å². The molecule has 3 rings (SSSR count). The van der Waals surface area contributed by atoms with E-state index in [9.17, 15) is 4.79 Å². The van der Waals surface area contributed by atoms with Gasteiger partial charge in [-0.25, -0.2) is 4.79 Å². The largest absolute Gasteiger partial charge is 0.323 e. The first kappa shape index (κ1) is 11.5. The van der Waals surface area contributed by atoms with E-state index in [-0.39, 0.29) is 5.69 Å². The molecule has 2 aromatic rings. The molecule has 1 aliphatic rings. The third kappa shape index (κ3) is 2.32. The fourth-order valence-electron chi connectivity index (χ4n) is 2.47. The predicted octanol–water partition coefficient (Wildman–Crippen LogP) is 0.507. The molecule has 0 unspecified atom stereocenters. The fraction of sp³-hybridized carbons (Fsp3) is 0.462. The third-order valence-electron chi connectivity index (χ3n) is 3.47. The van der Waals surface area contributed by atoms with Crippen molar-refractivity contribution in [3.05, 3.63) is 34.2 Å². The number of benzene rings is 1. The Morgan fingerprint density at radius 3 is 2.78 bits per heavy atom. The van der Waals surface area contributed by atoms with Gasteiger partial charge in [-0.05, 0) is 30.7 Å². The highest BCUT2D eigenvalue weighted by Gasteiger charge is 2.18. The van der Waals surface area contributed by atoms with Crippen LogP contribution in [0.2, 0.25) is 0 Å². The van der Waals surface area contributed by atoms with Gasteiger partial charge in [0.1, 0.15) is 0 Å². The van der Waals surface area contributed by atoms with Crippen LogP contribution >= 0.6 is 0 Å². The van der Waals surface area contributed by atoms with Gasteiger partial charge in [0.2, 0.25) is 0 Å². The van der Waals surface area contributed by atoms with E-state index in [2.05, 4.69) is 33.3 Å². The molecule has 96 valence electrons. The Kier molecular flexibility index (Phi) is 2.93. The molecular weight excluding hydrogens is 228 g/mol. The van der Waals surface area contributed by atoms with E-state index in [4.69, 9.17) is 0 Å². The quantitative estimate of drug-likeness (QED) is 0.736. The second-order valence-corrected chi connectivity index (χ2v) is 5.18. The lowest BCUT2D eigenvalue weighted by molar-refractivity contribution is 0.219. The molecule has 18 heavy (non-hydrogen) atoms. The molecule has 1 aromatic carbocycles. The van der Waals surface area contributed by atoms with Crippen molar-refractivity contribution in [3.63, 3.8) is 0 Å². The highest BCUT2D eigenvalue weighted by Crippen LogP contribution is 2.13. The molecule has 0 aliphatic carbocycles. The molecule has 1 fully saturated rings. The van der Waals surface area contributed by atoms with Crippen LogP contribution in [0, 0.1) is 5.92 Å². The van der Waals surface area contributed by atoms with Gasteiger partial charge in [-0.3, -0.25) is 0 Å². The summed E-state index contributed by atoms with van der Waals surface area (Å²) >= 11 is 0. The van der Waals surface area contributed by atoms with E-state index in [1.54, 1.807) is 0 Å². The SMILES string of the molecule is CN(Cc1ccc2[nH]c(=O)[nH]c2c1)CC1CNC1. The van der Waals surface area contributed by atoms with Crippen molar-refractivity contribution in [3.8, 4) is 0 Å². The predicted molar refractivity (Wildman–Crippen MR) is 71.6 cm³/mol. The average Bonchev–Trinajstić information content (AvgIpc) is 2.63. The van der Waals surface area contributed by atoms with Gasteiger partial charge < -0.3 is 20.2 Å². The van der Waals surface area contributed by atoms with Crippen LogP contribution in [-0.2, 0) is 6.54 Å². The Morgan fingerprint density at radius 1 is 1.28 bits per heavy atom. The molecule has 2 heterocycles. The molecule has 1 aromatic heterocycles. The minimum Gasteiger partial charge on any atom is -0.316 e. The van der Waals surface area contributed by atoms with Gasteiger partial charge >= 0.3 is 5.69 Å². The number of nitrogens with one attached hydrogen (secondary N) is 3. The number of imidazole rings is 1. The van der Waals surface area contributed by atoms with Crippen molar-refractivity contribution >= 4 is 11.0 Å². The highest BCUT2D eigenvalue weighted by molar-refractivity contribution is 5.74. The summed E-state index contributed by atoms with van der Waals surface area (Å²) in [6.07, 6.45) is 0. The maximum Gasteiger partial charge on any atom is 0.323 e. The van der Waals surface area contributed by atoms with E-state index >= 15 is 0 Å². The summed E-state index contributed by atoms with van der Waals surface area (Å²) in [5, 5.41) is 3.29. The van der Waals surface area contributed by atoms with Gasteiger partial charge in [0.05, 0.1) is 11.0 Å². The maximum absolute atomic E-state index is 11.2. The lowest BCUT2D eigenvalue weighted by Gasteiger charge is -2.31. The number of hydrogen-bond acceptors (Lipinski definition) is 3. The molecule has 5 nitrogen and oxygen atoms in total. The molecule has 0 saturated carbocycles. The van der Waals surface area contributed by atoms with Crippen molar-refractivity contribution in [1.82, 2.24) is 20.2 Å². The number of rotatable bonds is 4. The third-order valence-corrected chi connectivity index (χ3v) is 3.47. The second-order valence-electron chi connectivity index (χ2n) is 5.18. The highest BCUT2D eigenvalue weighted by atomic mass is 16.1. The Bertz CT molecular complexity index is 596. The minimum absolute atomic E-state index is 0.143. The zero-order chi connectivity index (χ0) is 12.5. The molecule has 1 aliphatic heterocycles. The Hall–Kier alpha value is -1.59. The van der Waals surface area contributed by atoms with Crippen LogP contribution in [0.25, 0.3) is 11.0 Å². The fourth-order valence-corrected chi connectivity index (χ4v) is 2.47. The van der Waals surface area contributed by atoms with Gasteiger partial charge in [0.25, 0.3) is 0 Å². The summed E-state index contributed by atoms with van der Waals surface area (Å²) in [6, 6.07) is 6.08. The molecule has 0 bridgehead atoms. The number of aromatic nitrogens is 2. The summed E-state index contributed by atoms with van der Waals surface area (Å²) in [5.74, 6) is 0.783. The molecule has 0 amide bonds. The smallest absolute Gasteiger partial charge is 0.316 e. The van der Waals surface area contributed by atoms with Gasteiger partial charge in [-0.1, -0.05) is 6.07 Å². The van der Waals surface area contributed by atoms with Crippen molar-refractivity contribution in [2.24, 2.45) is 5.92 Å². The summed E-state index contributed by atoms with van der Waals surface area (Å²) in [5.41, 5.74) is 2.84. The van der Waals surface area contributed by atoms with E-state index in [1.807, 2.05) is 12.1 Å². The summed E-state index contributed by atoms with van der Waals surface area (Å²) < 4.78 is 0. The Labute approximate surface area is 105 Å². The van der Waals surface area contributed by atoms with Crippen molar-refractivity contribution in [2.75, 3.05) is 26.7 Å². The first-order chi connectivity index (χ1) is 8.70. The molecule has 0 atom stereocenters. The standard InChI is InChI=1S/C13H18N4O/c1-17(8-10-5-14-6-10)7-9-2-3-11-12(4-9)16-13(18)15-11/h2-4,10,14H,5-8H2,1H3,(H2,15,16,18). The normalized spacial score (nSPS) is 16.3. The van der Waals surface area contributed by atoms with Gasteiger partial charge in [-0.15, -0.1) is 0 Å². The van der Waals surface area contributed by atoms with Gasteiger partial charge in [0, 0.05) is 26.2 Å². The van der Waals surface area contributed by atoms with E-state index in [0.717, 1.165) is 43.1 Å². The molecule has 0 spiro atoms. The van der Waals surface area contributed by atoms with Gasteiger partial charge in [-0.2, -0.15) is 0 Å². The maximum atomic E-state index is 11.2. The minimum atomic E-state index is -0.143. The monoisotopic (exact) mass is 246 g/mol. The number of H-pyrrole nitrogens is 2. The first-order valence-electron chi connectivity index (χ1n) is 6.31. The van der Waals surface area contributed by atoms with Crippen molar-refractivity contribution in [1.29, 1.82) is 0 Å². The molecule has 0 radical (unpaired) electrons. The van der Waals surface area contributed by atoms with Crippen LogP contribution < -0.4 is 11.0 Å². The number of aromatic amines is 2. The summed E-state index contributed by atoms with van der Waals surface area (Å²) in [7, 11) is 2.14.